The second kappa shape index (κ2) is 12.6. The van der Waals surface area contributed by atoms with E-state index in [0.29, 0.717) is 5.69 Å². The lowest BCUT2D eigenvalue weighted by atomic mass is 10.1. The molecule has 7 heteroatoms. The third-order valence-corrected chi connectivity index (χ3v) is 3.12. The predicted molar refractivity (Wildman–Crippen MR) is 120 cm³/mol. The highest BCUT2D eigenvalue weighted by Crippen LogP contribution is 2.09. The van der Waals surface area contributed by atoms with Crippen LogP contribution in [0.5, 0.6) is 0 Å². The summed E-state index contributed by atoms with van der Waals surface area (Å²) in [5.74, 6) is 5.20. The van der Waals surface area contributed by atoms with Gasteiger partial charge in [-0.3, -0.25) is 4.99 Å². The van der Waals surface area contributed by atoms with E-state index in [1.807, 2.05) is 40.7 Å². The molecular formula is C23H35N3O4. The summed E-state index contributed by atoms with van der Waals surface area (Å²) >= 11 is 0. The zero-order valence-corrected chi connectivity index (χ0v) is 19.6. The SMILES string of the molecule is CC.COC(=O)C(CC#Cc1ncccc1C=NC(C)(C)C)NC(=O)OC(C)(C)C. The van der Waals surface area contributed by atoms with Gasteiger partial charge in [-0.05, 0) is 59.6 Å². The quantitative estimate of drug-likeness (QED) is 0.452. The van der Waals surface area contributed by atoms with E-state index in [1.165, 1.54) is 7.11 Å². The second-order valence-corrected chi connectivity index (χ2v) is 8.10. The average molecular weight is 418 g/mol. The molecule has 0 aliphatic heterocycles. The van der Waals surface area contributed by atoms with Crippen LogP contribution in [0.1, 0.15) is 73.1 Å². The van der Waals surface area contributed by atoms with E-state index in [4.69, 9.17) is 9.47 Å². The Bertz CT molecular complexity index is 778. The molecule has 1 aromatic rings. The minimum absolute atomic E-state index is 0.0539. The smallest absolute Gasteiger partial charge is 0.408 e. The van der Waals surface area contributed by atoms with Gasteiger partial charge in [0.25, 0.3) is 0 Å². The first-order chi connectivity index (χ1) is 13.9. The molecule has 30 heavy (non-hydrogen) atoms. The minimum atomic E-state index is -0.942. The zero-order valence-electron chi connectivity index (χ0n) is 19.6. The Morgan fingerprint density at radius 2 is 1.87 bits per heavy atom. The first-order valence-electron chi connectivity index (χ1n) is 9.98. The Hall–Kier alpha value is -2.88. The molecule has 1 aromatic heterocycles. The number of alkyl carbamates (subject to hydrolysis) is 1. The number of esters is 1. The molecule has 166 valence electrons. The van der Waals surface area contributed by atoms with Crippen LogP contribution < -0.4 is 5.32 Å². The van der Waals surface area contributed by atoms with Gasteiger partial charge in [0.2, 0.25) is 0 Å². The summed E-state index contributed by atoms with van der Waals surface area (Å²) in [5.41, 5.74) is 0.426. The van der Waals surface area contributed by atoms with E-state index in [0.717, 1.165) is 5.56 Å². The van der Waals surface area contributed by atoms with Gasteiger partial charge in [-0.25, -0.2) is 14.6 Å². The number of rotatable bonds is 4. The maximum absolute atomic E-state index is 11.9. The van der Waals surface area contributed by atoms with Crippen molar-refractivity contribution in [2.45, 2.75) is 79.0 Å². The molecule has 0 bridgehead atoms. The predicted octanol–water partition coefficient (Wildman–Crippen LogP) is 4.13. The average Bonchev–Trinajstić information content (AvgIpc) is 2.65. The number of hydrogen-bond donors (Lipinski definition) is 1. The molecule has 1 unspecified atom stereocenters. The van der Waals surface area contributed by atoms with Gasteiger partial charge in [0.15, 0.2) is 0 Å². The normalized spacial score (nSPS) is 12.0. The molecule has 1 N–H and O–H groups in total. The lowest BCUT2D eigenvalue weighted by Crippen LogP contribution is -2.43. The summed E-state index contributed by atoms with van der Waals surface area (Å²) in [7, 11) is 1.25. The Morgan fingerprint density at radius 1 is 1.23 bits per heavy atom. The Kier molecular flexibility index (Phi) is 11.4. The largest absolute Gasteiger partial charge is 0.467 e. The number of amides is 1. The topological polar surface area (TPSA) is 89.9 Å². The summed E-state index contributed by atoms with van der Waals surface area (Å²) in [6.45, 7) is 15.2. The molecule has 0 radical (unpaired) electrons. The number of nitrogens with zero attached hydrogens (tertiary/aromatic N) is 2. The number of nitrogens with one attached hydrogen (secondary N) is 1. The molecule has 0 aliphatic rings. The first kappa shape index (κ1) is 27.1. The molecule has 1 heterocycles. The van der Waals surface area contributed by atoms with Gasteiger partial charge in [-0.1, -0.05) is 19.8 Å². The van der Waals surface area contributed by atoms with Crippen LogP contribution in [0.2, 0.25) is 0 Å². The highest BCUT2D eigenvalue weighted by Gasteiger charge is 2.24. The molecule has 0 fully saturated rings. The van der Waals surface area contributed by atoms with Crippen molar-refractivity contribution in [3.05, 3.63) is 29.6 Å². The summed E-state index contributed by atoms with van der Waals surface area (Å²) < 4.78 is 9.91. The fourth-order valence-corrected chi connectivity index (χ4v) is 1.91. The lowest BCUT2D eigenvalue weighted by Gasteiger charge is -2.21. The highest BCUT2D eigenvalue weighted by atomic mass is 16.6. The van der Waals surface area contributed by atoms with Gasteiger partial charge in [0.05, 0.1) is 12.6 Å². The van der Waals surface area contributed by atoms with Crippen LogP contribution in [0, 0.1) is 11.8 Å². The number of ether oxygens (including phenoxy) is 2. The Labute approximate surface area is 180 Å². The molecule has 7 nitrogen and oxygen atoms in total. The van der Waals surface area contributed by atoms with E-state index >= 15 is 0 Å². The van der Waals surface area contributed by atoms with Gasteiger partial charge < -0.3 is 14.8 Å². The number of methoxy groups -OCH3 is 1. The Morgan fingerprint density at radius 3 is 2.40 bits per heavy atom. The van der Waals surface area contributed by atoms with Crippen LogP contribution in [-0.2, 0) is 14.3 Å². The number of aromatic nitrogens is 1. The standard InChI is InChI=1S/C21H29N3O4.C2H6/c1-20(2,3)23-14-15-10-9-13-22-16(15)11-8-12-17(18(25)27-7)24-19(26)28-21(4,5)6;1-2/h9-10,13-14,17H,12H2,1-7H3,(H,24,26);1-2H3. The summed E-state index contributed by atoms with van der Waals surface area (Å²) in [4.78, 5) is 32.6. The molecule has 0 saturated carbocycles. The molecule has 0 aliphatic carbocycles. The van der Waals surface area contributed by atoms with Gasteiger partial charge in [-0.15, -0.1) is 0 Å². The number of aliphatic imine (C=N–C) groups is 1. The molecule has 0 spiro atoms. The van der Waals surface area contributed by atoms with Crippen molar-refractivity contribution in [2.75, 3.05) is 7.11 Å². The second-order valence-electron chi connectivity index (χ2n) is 8.10. The van der Waals surface area contributed by atoms with E-state index in [-0.39, 0.29) is 12.0 Å². The molecule has 0 saturated heterocycles. The van der Waals surface area contributed by atoms with E-state index in [1.54, 1.807) is 39.2 Å². The van der Waals surface area contributed by atoms with Crippen LogP contribution >= 0.6 is 0 Å². The lowest BCUT2D eigenvalue weighted by molar-refractivity contribution is -0.143. The molecule has 1 amide bonds. The minimum Gasteiger partial charge on any atom is -0.467 e. The fourth-order valence-electron chi connectivity index (χ4n) is 1.91. The highest BCUT2D eigenvalue weighted by molar-refractivity contribution is 5.83. The number of hydrogen-bond acceptors (Lipinski definition) is 6. The number of carbonyl (C=O) groups is 2. The Balaban J connectivity index is 0.00000407. The maximum atomic E-state index is 11.9. The van der Waals surface area contributed by atoms with Crippen molar-refractivity contribution in [3.63, 3.8) is 0 Å². The molecule has 0 aromatic carbocycles. The summed E-state index contributed by atoms with van der Waals surface area (Å²) in [6, 6.07) is 2.72. The van der Waals surface area contributed by atoms with Crippen LogP contribution in [0.15, 0.2) is 23.3 Å². The van der Waals surface area contributed by atoms with Gasteiger partial charge in [-0.2, -0.15) is 0 Å². The molecule has 1 rings (SSSR count). The molecule has 1 atom stereocenters. The van der Waals surface area contributed by atoms with Crippen LogP contribution in [0.25, 0.3) is 0 Å². The van der Waals surface area contributed by atoms with Gasteiger partial charge in [0.1, 0.15) is 17.3 Å². The van der Waals surface area contributed by atoms with E-state index in [9.17, 15) is 9.59 Å². The molecular weight excluding hydrogens is 382 g/mol. The third kappa shape index (κ3) is 11.8. The van der Waals surface area contributed by atoms with Gasteiger partial charge >= 0.3 is 12.1 Å². The third-order valence-electron chi connectivity index (χ3n) is 3.12. The van der Waals surface area contributed by atoms with E-state index in [2.05, 4.69) is 27.1 Å². The van der Waals surface area contributed by atoms with Crippen molar-refractivity contribution < 1.29 is 19.1 Å². The summed E-state index contributed by atoms with van der Waals surface area (Å²) in [5, 5.41) is 2.49. The summed E-state index contributed by atoms with van der Waals surface area (Å²) in [6.07, 6.45) is 2.71. The fraction of sp³-hybridized carbons (Fsp3) is 0.565. The van der Waals surface area contributed by atoms with Gasteiger partial charge in [0, 0.05) is 24.4 Å². The van der Waals surface area contributed by atoms with Crippen molar-refractivity contribution in [2.24, 2.45) is 4.99 Å². The van der Waals surface area contributed by atoms with Crippen molar-refractivity contribution in [3.8, 4) is 11.8 Å². The van der Waals surface area contributed by atoms with Crippen LogP contribution in [-0.4, -0.2) is 47.6 Å². The van der Waals surface area contributed by atoms with Crippen molar-refractivity contribution >= 4 is 18.3 Å². The maximum Gasteiger partial charge on any atom is 0.408 e. The zero-order chi connectivity index (χ0) is 23.4. The number of pyridine rings is 1. The van der Waals surface area contributed by atoms with E-state index < -0.39 is 23.7 Å². The van der Waals surface area contributed by atoms with Crippen molar-refractivity contribution in [1.29, 1.82) is 0 Å². The van der Waals surface area contributed by atoms with Crippen LogP contribution in [0.4, 0.5) is 4.79 Å². The van der Waals surface area contributed by atoms with Crippen LogP contribution in [0.3, 0.4) is 0 Å². The van der Waals surface area contributed by atoms with Crippen molar-refractivity contribution in [1.82, 2.24) is 10.3 Å². The number of carbonyl (C=O) groups excluding carboxylic acids is 2. The first-order valence-corrected chi connectivity index (χ1v) is 9.98. The monoisotopic (exact) mass is 417 g/mol.